The molecule has 0 aliphatic carbocycles. The summed E-state index contributed by atoms with van der Waals surface area (Å²) in [6.45, 7) is 0. The zero-order chi connectivity index (χ0) is 22.5. The Morgan fingerprint density at radius 1 is 1.03 bits per heavy atom. The van der Waals surface area contributed by atoms with Crippen LogP contribution in [0.3, 0.4) is 0 Å². The normalized spacial score (nSPS) is 14.3. The molecule has 0 bridgehead atoms. The van der Waals surface area contributed by atoms with E-state index in [0.717, 1.165) is 16.7 Å². The third-order valence-electron chi connectivity index (χ3n) is 4.83. The summed E-state index contributed by atoms with van der Waals surface area (Å²) >= 11 is 1.21. The number of benzene rings is 3. The maximum Gasteiger partial charge on any atom is 0.286 e. The Balaban J connectivity index is 1.47. The Hall–Kier alpha value is -3.97. The average molecular weight is 441 g/mol. The molecule has 157 valence electrons. The third kappa shape index (κ3) is 4.84. The molecule has 0 aromatic heterocycles. The van der Waals surface area contributed by atoms with Crippen LogP contribution < -0.4 is 11.1 Å². The molecule has 2 amide bonds. The summed E-state index contributed by atoms with van der Waals surface area (Å²) in [4.78, 5) is 39.2. The van der Waals surface area contributed by atoms with Crippen molar-refractivity contribution in [3.8, 4) is 11.1 Å². The van der Waals surface area contributed by atoms with Crippen LogP contribution >= 0.6 is 11.8 Å². The zero-order valence-electron chi connectivity index (χ0n) is 16.9. The number of nitrogens with zero attached hydrogens (tertiary/aromatic N) is 1. The summed E-state index contributed by atoms with van der Waals surface area (Å²) in [6, 6.07) is 22.8. The zero-order valence-corrected chi connectivity index (χ0v) is 17.7. The summed E-state index contributed by atoms with van der Waals surface area (Å²) in [5, 5.41) is 3.42. The Morgan fingerprint density at radius 2 is 1.75 bits per heavy atom. The maximum atomic E-state index is 12.3. The van der Waals surface area contributed by atoms with Gasteiger partial charge >= 0.3 is 0 Å². The fraction of sp³-hybridized carbons (Fsp3) is 0.0400. The number of amides is 2. The lowest BCUT2D eigenvalue weighted by Gasteiger charge is -2.09. The minimum absolute atomic E-state index is 0.0251. The molecule has 0 spiro atoms. The Kier molecular flexibility index (Phi) is 6.28. The second kappa shape index (κ2) is 9.45. The van der Waals surface area contributed by atoms with Crippen molar-refractivity contribution in [2.24, 2.45) is 10.7 Å². The van der Waals surface area contributed by atoms with E-state index in [1.165, 1.54) is 17.8 Å². The van der Waals surface area contributed by atoms with Gasteiger partial charge < -0.3 is 11.1 Å². The van der Waals surface area contributed by atoms with E-state index >= 15 is 0 Å². The molecule has 7 heteroatoms. The Morgan fingerprint density at radius 3 is 2.44 bits per heavy atom. The van der Waals surface area contributed by atoms with Crippen molar-refractivity contribution < 1.29 is 14.4 Å². The van der Waals surface area contributed by atoms with Crippen molar-refractivity contribution in [1.82, 2.24) is 0 Å². The highest BCUT2D eigenvalue weighted by Gasteiger charge is 2.22. The number of primary amides is 1. The molecule has 3 aromatic rings. The largest absolute Gasteiger partial charge is 0.366 e. The summed E-state index contributed by atoms with van der Waals surface area (Å²) < 4.78 is 0. The predicted molar refractivity (Wildman–Crippen MR) is 128 cm³/mol. The molecule has 1 radical (unpaired) electrons. The van der Waals surface area contributed by atoms with E-state index in [1.807, 2.05) is 54.6 Å². The lowest BCUT2D eigenvalue weighted by molar-refractivity contribution is -0.113. The van der Waals surface area contributed by atoms with Gasteiger partial charge in [-0.1, -0.05) is 60.7 Å². The number of thioether (sulfide) groups is 1. The van der Waals surface area contributed by atoms with Gasteiger partial charge in [0.1, 0.15) is 0 Å². The maximum absolute atomic E-state index is 12.3. The number of hydrogen-bond donors (Lipinski definition) is 2. The van der Waals surface area contributed by atoms with E-state index < -0.39 is 5.91 Å². The van der Waals surface area contributed by atoms with Crippen LogP contribution in [-0.4, -0.2) is 23.3 Å². The number of nitrogens with one attached hydrogen (secondary N) is 1. The highest BCUT2D eigenvalue weighted by molar-refractivity contribution is 8.18. The first-order chi connectivity index (χ1) is 15.5. The molecule has 3 N–H and O–H groups in total. The van der Waals surface area contributed by atoms with E-state index in [2.05, 4.69) is 10.3 Å². The Bertz CT molecular complexity index is 1250. The van der Waals surface area contributed by atoms with Crippen molar-refractivity contribution in [3.05, 3.63) is 94.4 Å². The number of rotatable bonds is 6. The van der Waals surface area contributed by atoms with Gasteiger partial charge in [0.15, 0.2) is 5.17 Å². The second-order valence-electron chi connectivity index (χ2n) is 7.00. The molecule has 3 aromatic carbocycles. The van der Waals surface area contributed by atoms with Crippen molar-refractivity contribution >= 4 is 46.8 Å². The molecule has 1 aliphatic heterocycles. The van der Waals surface area contributed by atoms with E-state index in [-0.39, 0.29) is 17.9 Å². The quantitative estimate of drug-likeness (QED) is 0.560. The van der Waals surface area contributed by atoms with Gasteiger partial charge in [-0.15, -0.1) is 0 Å². The first kappa shape index (κ1) is 21.3. The topological polar surface area (TPSA) is 102 Å². The van der Waals surface area contributed by atoms with E-state index in [0.29, 0.717) is 21.3 Å². The Labute approximate surface area is 189 Å². The number of anilines is 1. The molecule has 0 atom stereocenters. The number of carbonyl (C=O) groups is 2. The van der Waals surface area contributed by atoms with Crippen LogP contribution in [0.25, 0.3) is 17.2 Å². The van der Waals surface area contributed by atoms with Crippen LogP contribution in [-0.2, 0) is 16.0 Å². The highest BCUT2D eigenvalue weighted by Crippen LogP contribution is 2.30. The first-order valence-corrected chi connectivity index (χ1v) is 10.6. The van der Waals surface area contributed by atoms with Gasteiger partial charge in [0, 0.05) is 17.7 Å². The fourth-order valence-corrected chi connectivity index (χ4v) is 4.09. The van der Waals surface area contributed by atoms with Crippen LogP contribution in [0.1, 0.15) is 21.5 Å². The highest BCUT2D eigenvalue weighted by atomic mass is 32.2. The molecule has 4 rings (SSSR count). The number of nitrogens with two attached hydrogens (primary N) is 1. The van der Waals surface area contributed by atoms with Gasteiger partial charge in [-0.2, -0.15) is 4.99 Å². The molecule has 6 nitrogen and oxygen atoms in total. The molecule has 1 heterocycles. The molecule has 0 saturated heterocycles. The molecule has 1 aliphatic rings. The number of hydrogen-bond acceptors (Lipinski definition) is 5. The second-order valence-corrected chi connectivity index (χ2v) is 8.03. The predicted octanol–water partition coefficient (Wildman–Crippen LogP) is 4.19. The van der Waals surface area contributed by atoms with Gasteiger partial charge in [0.2, 0.25) is 12.2 Å². The van der Waals surface area contributed by atoms with Crippen LogP contribution in [0.4, 0.5) is 5.69 Å². The van der Waals surface area contributed by atoms with E-state index in [4.69, 9.17) is 5.73 Å². The van der Waals surface area contributed by atoms with Crippen LogP contribution in [0.2, 0.25) is 0 Å². The van der Waals surface area contributed by atoms with Crippen molar-refractivity contribution in [2.75, 3.05) is 5.32 Å². The van der Waals surface area contributed by atoms with Gasteiger partial charge in [-0.25, -0.2) is 0 Å². The molecule has 0 fully saturated rings. The van der Waals surface area contributed by atoms with Crippen molar-refractivity contribution in [2.45, 2.75) is 6.42 Å². The van der Waals surface area contributed by atoms with Gasteiger partial charge in [0.05, 0.1) is 4.91 Å². The minimum atomic E-state index is -0.643. The molecule has 32 heavy (non-hydrogen) atoms. The summed E-state index contributed by atoms with van der Waals surface area (Å²) in [5.41, 5.74) is 9.78. The average Bonchev–Trinajstić information content (AvgIpc) is 3.14. The molecule has 0 saturated carbocycles. The standard InChI is InChI=1S/C25H18N3O3S/c26-23(30)21-15-20(11-10-19(21)12-13-29)27-25-28-24(31)22(32-25)14-16-6-8-18(9-7-16)17-4-2-1-3-5-17/h1-11,14-15H,12H2,(H2,26,30)(H,27,28,31). The fourth-order valence-electron chi connectivity index (χ4n) is 3.26. The monoisotopic (exact) mass is 440 g/mol. The lowest BCUT2D eigenvalue weighted by Crippen LogP contribution is -2.15. The van der Waals surface area contributed by atoms with Crippen molar-refractivity contribution in [1.29, 1.82) is 0 Å². The third-order valence-corrected chi connectivity index (χ3v) is 5.72. The SMILES string of the molecule is NC(=O)c1cc(NC2=NC(=O)C(=Cc3ccc(-c4ccccc4)cc3)S2)ccc1C[C]=O. The smallest absolute Gasteiger partial charge is 0.286 e. The summed E-state index contributed by atoms with van der Waals surface area (Å²) in [5.74, 6) is -0.984. The number of carbonyl (C=O) groups excluding carboxylic acids is 3. The molecular formula is C25H18N3O3S. The van der Waals surface area contributed by atoms with Crippen molar-refractivity contribution in [3.63, 3.8) is 0 Å². The van der Waals surface area contributed by atoms with Crippen LogP contribution in [0.5, 0.6) is 0 Å². The lowest BCUT2D eigenvalue weighted by atomic mass is 10.0. The van der Waals surface area contributed by atoms with E-state index in [1.54, 1.807) is 24.5 Å². The van der Waals surface area contributed by atoms with Crippen LogP contribution in [0, 0.1) is 0 Å². The molecular weight excluding hydrogens is 422 g/mol. The summed E-state index contributed by atoms with van der Waals surface area (Å²) in [7, 11) is 0. The minimum Gasteiger partial charge on any atom is -0.366 e. The first-order valence-electron chi connectivity index (χ1n) is 9.76. The van der Waals surface area contributed by atoms with Crippen LogP contribution in [0.15, 0.2) is 82.7 Å². The number of aliphatic imine (C=N–C) groups is 1. The summed E-state index contributed by atoms with van der Waals surface area (Å²) in [6.07, 6.45) is 3.53. The van der Waals surface area contributed by atoms with Gasteiger partial charge in [-0.3, -0.25) is 14.4 Å². The van der Waals surface area contributed by atoms with Gasteiger partial charge in [0.25, 0.3) is 5.91 Å². The number of amidine groups is 1. The van der Waals surface area contributed by atoms with Gasteiger partial charge in [-0.05, 0) is 52.2 Å². The molecule has 0 unspecified atom stereocenters. The van der Waals surface area contributed by atoms with E-state index in [9.17, 15) is 14.4 Å².